The van der Waals surface area contributed by atoms with Crippen LogP contribution in [0, 0.1) is 6.92 Å². The Morgan fingerprint density at radius 3 is 2.63 bits per heavy atom. The van der Waals surface area contributed by atoms with Crippen LogP contribution in [0.25, 0.3) is 17.0 Å². The van der Waals surface area contributed by atoms with E-state index in [-0.39, 0.29) is 18.4 Å². The van der Waals surface area contributed by atoms with Crippen molar-refractivity contribution >= 4 is 35.0 Å². The summed E-state index contributed by atoms with van der Waals surface area (Å²) in [5.74, 6) is 0.0395. The third kappa shape index (κ3) is 4.56. The number of amides is 1. The maximum absolute atomic E-state index is 12.1. The van der Waals surface area contributed by atoms with E-state index in [2.05, 4.69) is 25.2 Å². The van der Waals surface area contributed by atoms with Gasteiger partial charge in [-0.2, -0.15) is 5.10 Å². The number of nitrogens with zero attached hydrogens (tertiary/aromatic N) is 3. The Kier molecular flexibility index (Phi) is 6.02. The van der Waals surface area contributed by atoms with Crippen LogP contribution in [0.15, 0.2) is 18.2 Å². The van der Waals surface area contributed by atoms with Crippen molar-refractivity contribution in [2.24, 2.45) is 0 Å². The maximum atomic E-state index is 12.1. The van der Waals surface area contributed by atoms with Crippen molar-refractivity contribution in [1.29, 1.82) is 0 Å². The summed E-state index contributed by atoms with van der Waals surface area (Å²) in [6.07, 6.45) is -0.706. The minimum atomic E-state index is -0.687. The molecule has 0 aliphatic heterocycles. The van der Waals surface area contributed by atoms with Crippen molar-refractivity contribution in [2.75, 3.05) is 19.0 Å². The fourth-order valence-corrected chi connectivity index (χ4v) is 3.28. The van der Waals surface area contributed by atoms with E-state index >= 15 is 0 Å². The molecular formula is C20H24ClN5O4. The summed E-state index contributed by atoms with van der Waals surface area (Å²) in [5, 5.41) is 12.2. The molecule has 0 unspecified atom stereocenters. The summed E-state index contributed by atoms with van der Waals surface area (Å²) in [4.78, 5) is 26.4. The fraction of sp³-hybridized carbons (Fsp3) is 0.400. The molecule has 10 heteroatoms. The van der Waals surface area contributed by atoms with Crippen LogP contribution in [0.4, 0.5) is 10.5 Å². The monoisotopic (exact) mass is 433 g/mol. The van der Waals surface area contributed by atoms with Crippen LogP contribution in [-0.4, -0.2) is 45.6 Å². The van der Waals surface area contributed by atoms with E-state index in [0.717, 1.165) is 11.3 Å². The first-order valence-corrected chi connectivity index (χ1v) is 9.74. The third-order valence-electron chi connectivity index (χ3n) is 4.39. The van der Waals surface area contributed by atoms with Gasteiger partial charge in [-0.1, -0.05) is 44.0 Å². The highest BCUT2D eigenvalue weighted by Gasteiger charge is 2.25. The first kappa shape index (κ1) is 21.6. The van der Waals surface area contributed by atoms with Crippen LogP contribution in [0.1, 0.15) is 38.4 Å². The number of hydrogen-bond donors (Lipinski definition) is 2. The third-order valence-corrected chi connectivity index (χ3v) is 4.74. The zero-order chi connectivity index (χ0) is 22.1. The van der Waals surface area contributed by atoms with E-state index in [1.54, 1.807) is 6.07 Å². The van der Waals surface area contributed by atoms with Gasteiger partial charge < -0.3 is 14.5 Å². The Morgan fingerprint density at radius 2 is 2.00 bits per heavy atom. The van der Waals surface area contributed by atoms with Crippen molar-refractivity contribution in [3.8, 4) is 11.4 Å². The second-order valence-electron chi connectivity index (χ2n) is 7.86. The highest BCUT2D eigenvalue weighted by atomic mass is 35.5. The smallest absolute Gasteiger partial charge is 0.411 e. The number of carbonyl (C=O) groups excluding carboxylic acids is 2. The lowest BCUT2D eigenvalue weighted by molar-refractivity contribution is -0.141. The Hall–Kier alpha value is -3.07. The van der Waals surface area contributed by atoms with Crippen molar-refractivity contribution in [2.45, 2.75) is 39.5 Å². The van der Waals surface area contributed by atoms with Crippen LogP contribution in [0.5, 0.6) is 0 Å². The minimum absolute atomic E-state index is 0.0192. The number of esters is 1. The number of anilines is 1. The number of aryl methyl sites for hydroxylation is 1. The lowest BCUT2D eigenvalue weighted by Crippen LogP contribution is -2.17. The normalized spacial score (nSPS) is 11.5. The molecule has 2 N–H and O–H groups in total. The van der Waals surface area contributed by atoms with Crippen molar-refractivity contribution in [1.82, 2.24) is 19.8 Å². The Bertz CT molecular complexity index is 1100. The molecule has 9 nitrogen and oxygen atoms in total. The molecule has 0 aliphatic carbocycles. The number of H-pyrrole nitrogens is 1. The van der Waals surface area contributed by atoms with Crippen LogP contribution in [0.2, 0.25) is 5.02 Å². The minimum Gasteiger partial charge on any atom is -0.469 e. The largest absolute Gasteiger partial charge is 0.469 e. The molecule has 0 spiro atoms. The highest BCUT2D eigenvalue weighted by molar-refractivity contribution is 6.34. The summed E-state index contributed by atoms with van der Waals surface area (Å²) in [5.41, 5.74) is 3.21. The number of rotatable bonds is 5. The number of benzene rings is 1. The van der Waals surface area contributed by atoms with Gasteiger partial charge in [-0.25, -0.2) is 4.79 Å². The standard InChI is InChI=1S/C20H24ClN5O4/c1-11-6-7-13(22-19(28)30-9-8-14(27)29-5)12(10-11)17-23-18-15(21)16(20(2,3)4)24-26(18)25-17/h6-7,10H,8-9H2,1-5H3,(H,22,28)(H,23,25). The highest BCUT2D eigenvalue weighted by Crippen LogP contribution is 2.33. The zero-order valence-corrected chi connectivity index (χ0v) is 18.3. The molecule has 0 aliphatic rings. The lowest BCUT2D eigenvalue weighted by atomic mass is 9.92. The molecule has 0 atom stereocenters. The average molecular weight is 434 g/mol. The van der Waals surface area contributed by atoms with Crippen LogP contribution in [-0.2, 0) is 19.7 Å². The number of halogens is 1. The molecule has 1 amide bonds. The second-order valence-corrected chi connectivity index (χ2v) is 8.24. The molecule has 160 valence electrons. The van der Waals surface area contributed by atoms with Gasteiger partial charge in [0.15, 0.2) is 11.5 Å². The van der Waals surface area contributed by atoms with Gasteiger partial charge in [-0.15, -0.1) is 9.73 Å². The molecular weight excluding hydrogens is 410 g/mol. The van der Waals surface area contributed by atoms with E-state index in [9.17, 15) is 9.59 Å². The van der Waals surface area contributed by atoms with Crippen LogP contribution in [0.3, 0.4) is 0 Å². The van der Waals surface area contributed by atoms with Gasteiger partial charge in [0, 0.05) is 11.0 Å². The molecule has 1 aromatic carbocycles. The van der Waals surface area contributed by atoms with Gasteiger partial charge in [-0.05, 0) is 19.1 Å². The first-order chi connectivity index (χ1) is 14.1. The van der Waals surface area contributed by atoms with E-state index in [4.69, 9.17) is 16.3 Å². The van der Waals surface area contributed by atoms with Crippen molar-refractivity contribution in [3.63, 3.8) is 0 Å². The summed E-state index contributed by atoms with van der Waals surface area (Å²) in [6, 6.07) is 5.48. The Balaban J connectivity index is 1.86. The SMILES string of the molecule is COC(=O)CCOC(=O)Nc1ccc(C)cc1-c1nn2nc(C(C)(C)C)c(Cl)c2[nH]1. The number of methoxy groups -OCH3 is 1. The van der Waals surface area contributed by atoms with Gasteiger partial charge in [0.25, 0.3) is 0 Å². The molecule has 0 fully saturated rings. The zero-order valence-electron chi connectivity index (χ0n) is 17.5. The van der Waals surface area contributed by atoms with Crippen LogP contribution >= 0.6 is 11.6 Å². The summed E-state index contributed by atoms with van der Waals surface area (Å²) < 4.78 is 11.0. The molecule has 0 bridgehead atoms. The lowest BCUT2D eigenvalue weighted by Gasteiger charge is -2.14. The number of nitrogens with one attached hydrogen (secondary N) is 2. The predicted octanol–water partition coefficient (Wildman–Crippen LogP) is 4.10. The summed E-state index contributed by atoms with van der Waals surface area (Å²) in [7, 11) is 1.28. The molecule has 3 rings (SSSR count). The molecule has 2 heterocycles. The average Bonchev–Trinajstić information content (AvgIpc) is 3.22. The van der Waals surface area contributed by atoms with E-state index in [0.29, 0.717) is 27.7 Å². The molecule has 0 radical (unpaired) electrons. The molecule has 2 aromatic heterocycles. The molecule has 0 saturated heterocycles. The van der Waals surface area contributed by atoms with Gasteiger partial charge in [-0.3, -0.25) is 10.1 Å². The number of carbonyl (C=O) groups is 2. The number of hydrogen-bond acceptors (Lipinski definition) is 6. The Morgan fingerprint density at radius 1 is 1.27 bits per heavy atom. The quantitative estimate of drug-likeness (QED) is 0.586. The predicted molar refractivity (Wildman–Crippen MR) is 113 cm³/mol. The number of aromatic nitrogens is 4. The number of fused-ring (bicyclic) bond motifs is 1. The molecule has 3 aromatic rings. The first-order valence-electron chi connectivity index (χ1n) is 9.36. The maximum Gasteiger partial charge on any atom is 0.411 e. The van der Waals surface area contributed by atoms with Crippen LogP contribution < -0.4 is 5.32 Å². The summed E-state index contributed by atoms with van der Waals surface area (Å²) in [6.45, 7) is 7.92. The fourth-order valence-electron chi connectivity index (χ4n) is 2.84. The van der Waals surface area contributed by atoms with Crippen molar-refractivity contribution in [3.05, 3.63) is 34.5 Å². The molecule has 30 heavy (non-hydrogen) atoms. The van der Waals surface area contributed by atoms with Gasteiger partial charge in [0.1, 0.15) is 11.6 Å². The van der Waals surface area contributed by atoms with E-state index in [1.807, 2.05) is 39.8 Å². The summed E-state index contributed by atoms with van der Waals surface area (Å²) >= 11 is 6.51. The van der Waals surface area contributed by atoms with Gasteiger partial charge in [0.2, 0.25) is 0 Å². The van der Waals surface area contributed by atoms with E-state index < -0.39 is 12.1 Å². The van der Waals surface area contributed by atoms with Gasteiger partial charge in [0.05, 0.1) is 24.9 Å². The van der Waals surface area contributed by atoms with Gasteiger partial charge >= 0.3 is 12.1 Å². The van der Waals surface area contributed by atoms with E-state index in [1.165, 1.54) is 11.7 Å². The Labute approximate surface area is 178 Å². The van der Waals surface area contributed by atoms with Crippen molar-refractivity contribution < 1.29 is 19.1 Å². The second kappa shape index (κ2) is 8.35. The topological polar surface area (TPSA) is 111 Å². The number of ether oxygens (including phenoxy) is 2. The number of aromatic amines is 1. The molecule has 0 saturated carbocycles.